The maximum Gasteiger partial charge on any atom is 0.338 e. The van der Waals surface area contributed by atoms with Crippen LogP contribution in [0.1, 0.15) is 79.8 Å². The summed E-state index contributed by atoms with van der Waals surface area (Å²) in [5.74, 6) is -6.73. The van der Waals surface area contributed by atoms with E-state index in [-0.39, 0.29) is 41.8 Å². The Balaban J connectivity index is 1.24. The summed E-state index contributed by atoms with van der Waals surface area (Å²) in [7, 11) is 0. The number of aliphatic hydroxyl groups excluding tert-OH is 2. The number of hydrogen-bond donors (Lipinski definition) is 4. The van der Waals surface area contributed by atoms with Crippen LogP contribution < -0.4 is 5.32 Å². The largest absolute Gasteiger partial charge is 0.460 e. The number of nitrogens with zero attached hydrogens (tertiary/aromatic N) is 1. The Morgan fingerprint density at radius 3 is 2.06 bits per heavy atom. The zero-order valence-corrected chi connectivity index (χ0v) is 38.6. The molecule has 68 heavy (non-hydrogen) atoms. The Kier molecular flexibility index (Phi) is 13.5. The fourth-order valence-corrected chi connectivity index (χ4v) is 11.2. The molecule has 17 heteroatoms. The first-order valence-electron chi connectivity index (χ1n) is 22.9. The molecule has 17 nitrogen and oxygen atoms in total. The summed E-state index contributed by atoms with van der Waals surface area (Å²) in [6.07, 6.45) is -10.6. The van der Waals surface area contributed by atoms with Crippen LogP contribution in [0.25, 0.3) is 0 Å². The van der Waals surface area contributed by atoms with E-state index in [9.17, 15) is 39.3 Å². The highest BCUT2D eigenvalue weighted by Gasteiger charge is 2.78. The van der Waals surface area contributed by atoms with Gasteiger partial charge in [-0.15, -0.1) is 0 Å². The summed E-state index contributed by atoms with van der Waals surface area (Å²) in [5.41, 5.74) is -7.20. The smallest absolute Gasteiger partial charge is 0.338 e. The number of aliphatic hydroxyl groups is 3. The van der Waals surface area contributed by atoms with Gasteiger partial charge in [-0.3, -0.25) is 24.1 Å². The quantitative estimate of drug-likeness (QED) is 0.116. The monoisotopic (exact) mass is 938 g/mol. The molecule has 4 fully saturated rings. The Morgan fingerprint density at radius 1 is 0.868 bits per heavy atom. The number of fused-ring (bicyclic) bond motifs is 5. The van der Waals surface area contributed by atoms with E-state index in [1.54, 1.807) is 92.7 Å². The summed E-state index contributed by atoms with van der Waals surface area (Å²) < 4.78 is 36.5. The van der Waals surface area contributed by atoms with E-state index in [0.29, 0.717) is 31.9 Å². The van der Waals surface area contributed by atoms with Gasteiger partial charge in [0.15, 0.2) is 17.5 Å². The fourth-order valence-electron chi connectivity index (χ4n) is 11.2. The third kappa shape index (κ3) is 8.53. The van der Waals surface area contributed by atoms with Crippen LogP contribution in [0.5, 0.6) is 0 Å². The number of morpholine rings is 1. The van der Waals surface area contributed by atoms with Crippen molar-refractivity contribution in [3.63, 3.8) is 0 Å². The van der Waals surface area contributed by atoms with Gasteiger partial charge in [-0.05, 0) is 54.8 Å². The van der Waals surface area contributed by atoms with Crippen molar-refractivity contribution >= 4 is 35.6 Å². The molecule has 2 saturated carbocycles. The standard InChI is InChI=1S/C51H58N2O15/c1-29-34(65-47(61)41(57)39(31-15-9-6-10-16-31)52-45(59)32-17-11-7-12-18-32)26-51(62)44(67-46(60)33-19-13-8-14-20-33)42-49(5,43(58)40(56)38(29)48(51,3)4)35(25-36-50(42,28-64-36)68-30(2)54)66-37(55)27-53-21-23-63-24-22-53/h6-20,34-36,39-42,44,56-57,62H,21-28H2,1-5H3,(H,52,59)/t34-,35-,36+,39-,40+,41+,42-,44-,49+,50-,51+/m0/s1. The van der Waals surface area contributed by atoms with Crippen molar-refractivity contribution in [2.75, 3.05) is 39.5 Å². The minimum absolute atomic E-state index is 0.0645. The number of Topliss-reactive ketones (excluding diaryl/α,β-unsaturated/α-hetero) is 1. The summed E-state index contributed by atoms with van der Waals surface area (Å²) >= 11 is 0. The molecule has 3 aromatic rings. The van der Waals surface area contributed by atoms with E-state index >= 15 is 4.79 Å². The number of ether oxygens (including phenoxy) is 6. The number of ketones is 1. The van der Waals surface area contributed by atoms with Gasteiger partial charge in [-0.25, -0.2) is 9.59 Å². The molecule has 3 aliphatic carbocycles. The zero-order chi connectivity index (χ0) is 48.8. The van der Waals surface area contributed by atoms with Gasteiger partial charge in [0.25, 0.3) is 5.91 Å². The van der Waals surface area contributed by atoms with Crippen molar-refractivity contribution in [2.45, 2.75) is 101 Å². The number of amides is 1. The molecule has 11 atom stereocenters. The first kappa shape index (κ1) is 48.6. The number of nitrogens with one attached hydrogen (secondary N) is 1. The second kappa shape index (κ2) is 18.9. The Morgan fingerprint density at radius 2 is 1.47 bits per heavy atom. The van der Waals surface area contributed by atoms with Gasteiger partial charge in [0, 0.05) is 43.8 Å². The van der Waals surface area contributed by atoms with E-state index in [4.69, 9.17) is 28.4 Å². The van der Waals surface area contributed by atoms with Crippen molar-refractivity contribution in [3.8, 4) is 0 Å². The fraction of sp³-hybridized carbons (Fsp3) is 0.490. The molecule has 2 heterocycles. The third-order valence-electron chi connectivity index (χ3n) is 14.9. The van der Waals surface area contributed by atoms with Gasteiger partial charge in [-0.2, -0.15) is 0 Å². The molecule has 2 saturated heterocycles. The summed E-state index contributed by atoms with van der Waals surface area (Å²) in [4.78, 5) is 87.0. The minimum Gasteiger partial charge on any atom is -0.460 e. The highest BCUT2D eigenvalue weighted by atomic mass is 16.6. The van der Waals surface area contributed by atoms with Crippen molar-refractivity contribution in [3.05, 3.63) is 119 Å². The molecule has 0 spiro atoms. The predicted octanol–water partition coefficient (Wildman–Crippen LogP) is 3.05. The van der Waals surface area contributed by atoms with Crippen LogP contribution >= 0.6 is 0 Å². The highest BCUT2D eigenvalue weighted by molar-refractivity contribution is 5.96. The highest BCUT2D eigenvalue weighted by Crippen LogP contribution is 2.64. The molecule has 8 rings (SSSR count). The number of rotatable bonds is 12. The first-order chi connectivity index (χ1) is 32.3. The SMILES string of the molecule is CC(=O)O[C@@]12CO[C@@H]1C[C@H](OC(=O)CN1CCOCC1)[C@@]1(C)C(=O)[C@H](O)C3=C(C)[C@@H](OC(=O)[C@H](O)[C@@H](NC(=O)c4ccccc4)c4ccccc4)C[C@@](O)([C@@H](OC(=O)c4ccccc4)[C@H]21)C3(C)C. The normalized spacial score (nSPS) is 31.7. The van der Waals surface area contributed by atoms with Crippen molar-refractivity contribution in [1.29, 1.82) is 0 Å². The lowest BCUT2D eigenvalue weighted by Crippen LogP contribution is -2.82. The van der Waals surface area contributed by atoms with E-state index in [2.05, 4.69) is 5.32 Å². The molecule has 0 aromatic heterocycles. The van der Waals surface area contributed by atoms with Gasteiger partial charge in [-0.1, -0.05) is 80.6 Å². The maximum atomic E-state index is 15.7. The molecule has 5 aliphatic rings. The van der Waals surface area contributed by atoms with Gasteiger partial charge < -0.3 is 49.1 Å². The zero-order valence-electron chi connectivity index (χ0n) is 38.6. The van der Waals surface area contributed by atoms with Crippen LogP contribution in [0.4, 0.5) is 0 Å². The van der Waals surface area contributed by atoms with E-state index in [1.807, 2.05) is 4.90 Å². The summed E-state index contributed by atoms with van der Waals surface area (Å²) in [6.45, 7) is 8.45. The van der Waals surface area contributed by atoms with E-state index in [1.165, 1.54) is 26.0 Å². The molecule has 362 valence electrons. The van der Waals surface area contributed by atoms with Gasteiger partial charge in [0.2, 0.25) is 0 Å². The van der Waals surface area contributed by atoms with Crippen molar-refractivity contribution in [2.24, 2.45) is 16.7 Å². The summed E-state index contributed by atoms with van der Waals surface area (Å²) in [6, 6.07) is 23.0. The lowest BCUT2D eigenvalue weighted by atomic mass is 9.44. The van der Waals surface area contributed by atoms with Crippen LogP contribution in [-0.2, 0) is 47.6 Å². The molecule has 0 radical (unpaired) electrons. The van der Waals surface area contributed by atoms with E-state index in [0.717, 1.165) is 6.92 Å². The second-order valence-electron chi connectivity index (χ2n) is 19.1. The molecule has 4 N–H and O–H groups in total. The Bertz CT molecular complexity index is 2440. The number of carbonyl (C=O) groups excluding carboxylic acids is 6. The number of benzene rings is 3. The molecular weight excluding hydrogens is 881 g/mol. The van der Waals surface area contributed by atoms with Crippen LogP contribution in [0.15, 0.2) is 102 Å². The Hall–Kier alpha value is -5.82. The number of hydrogen-bond acceptors (Lipinski definition) is 16. The second-order valence-corrected chi connectivity index (χ2v) is 19.1. The minimum atomic E-state index is -2.41. The third-order valence-corrected chi connectivity index (χ3v) is 14.9. The van der Waals surface area contributed by atoms with Crippen molar-refractivity contribution < 1.29 is 72.5 Å². The molecule has 0 unspecified atom stereocenters. The van der Waals surface area contributed by atoms with Gasteiger partial charge in [0.05, 0.1) is 49.3 Å². The molecule has 1 amide bonds. The lowest BCUT2D eigenvalue weighted by Gasteiger charge is -2.67. The molecule has 2 bridgehead atoms. The van der Waals surface area contributed by atoms with Gasteiger partial charge in [0.1, 0.15) is 36.1 Å². The molecular formula is C51H58N2O15. The number of carbonyl (C=O) groups is 6. The molecule has 3 aromatic carbocycles. The predicted molar refractivity (Wildman–Crippen MR) is 239 cm³/mol. The molecule has 2 aliphatic heterocycles. The number of esters is 4. The van der Waals surface area contributed by atoms with Gasteiger partial charge >= 0.3 is 23.9 Å². The maximum absolute atomic E-state index is 15.7. The average Bonchev–Trinajstić information content (AvgIpc) is 3.32. The van der Waals surface area contributed by atoms with Crippen LogP contribution in [0.2, 0.25) is 0 Å². The van der Waals surface area contributed by atoms with E-state index < -0.39 is 113 Å². The van der Waals surface area contributed by atoms with Crippen LogP contribution in [0, 0.1) is 16.7 Å². The average molecular weight is 939 g/mol. The topological polar surface area (TPSA) is 234 Å². The van der Waals surface area contributed by atoms with Crippen LogP contribution in [-0.4, -0.2) is 143 Å². The Labute approximate surface area is 393 Å². The summed E-state index contributed by atoms with van der Waals surface area (Å²) in [5, 5.41) is 41.1. The first-order valence-corrected chi connectivity index (χ1v) is 22.9. The van der Waals surface area contributed by atoms with Crippen molar-refractivity contribution in [1.82, 2.24) is 10.2 Å². The van der Waals surface area contributed by atoms with Crippen LogP contribution in [0.3, 0.4) is 0 Å². The lowest BCUT2D eigenvalue weighted by molar-refractivity contribution is -0.346.